The van der Waals surface area contributed by atoms with Gasteiger partial charge in [0, 0.05) is 37.0 Å². The van der Waals surface area contributed by atoms with Gasteiger partial charge in [-0.25, -0.2) is 4.79 Å². The third-order valence-electron chi connectivity index (χ3n) is 5.13. The highest BCUT2D eigenvalue weighted by Gasteiger charge is 2.45. The number of carbonyl (C=O) groups excluding carboxylic acids is 1. The molecule has 0 aromatic carbocycles. The van der Waals surface area contributed by atoms with Gasteiger partial charge in [0.05, 0.1) is 6.61 Å². The lowest BCUT2D eigenvalue weighted by molar-refractivity contribution is -0.532. The predicted octanol–water partition coefficient (Wildman–Crippen LogP) is 1.33. The van der Waals surface area contributed by atoms with Crippen molar-refractivity contribution in [3.8, 4) is 0 Å². The SMILES string of the molecule is CC(C)(C)CC(C)(OC(N)=O)C1CN(C2CCC([N+](=O)[O-])NC2)CCO1. The molecule has 2 aliphatic heterocycles. The second-order valence-electron chi connectivity index (χ2n) is 8.77. The quantitative estimate of drug-likeness (QED) is 0.552. The number of amides is 1. The Bertz CT molecular complexity index is 516. The highest BCUT2D eigenvalue weighted by Crippen LogP contribution is 2.35. The lowest BCUT2D eigenvalue weighted by atomic mass is 9.79. The van der Waals surface area contributed by atoms with Crippen LogP contribution in [0.15, 0.2) is 0 Å². The number of nitrogens with two attached hydrogens (primary N) is 1. The molecule has 0 bridgehead atoms. The fourth-order valence-corrected chi connectivity index (χ4v) is 4.19. The van der Waals surface area contributed by atoms with E-state index in [-0.39, 0.29) is 22.5 Å². The number of hydrogen-bond acceptors (Lipinski definition) is 7. The van der Waals surface area contributed by atoms with Crippen LogP contribution in [0.5, 0.6) is 0 Å². The van der Waals surface area contributed by atoms with Crippen LogP contribution in [0.4, 0.5) is 4.79 Å². The Labute approximate surface area is 154 Å². The van der Waals surface area contributed by atoms with Crippen LogP contribution < -0.4 is 11.1 Å². The van der Waals surface area contributed by atoms with Crippen molar-refractivity contribution in [2.24, 2.45) is 11.1 Å². The van der Waals surface area contributed by atoms with Gasteiger partial charge in [0.1, 0.15) is 11.7 Å². The number of nitro groups is 1. The standard InChI is InChI=1S/C17H32N4O5/c1-16(2,3)11-17(4,26-15(18)22)13-10-20(7-8-25-13)12-5-6-14(19-9-12)21(23)24/h12-14,19H,5-11H2,1-4H3,(H2,18,22). The van der Waals surface area contributed by atoms with Crippen molar-refractivity contribution < 1.29 is 19.2 Å². The van der Waals surface area contributed by atoms with E-state index in [1.807, 2.05) is 6.92 Å². The van der Waals surface area contributed by atoms with E-state index in [9.17, 15) is 14.9 Å². The largest absolute Gasteiger partial charge is 0.441 e. The van der Waals surface area contributed by atoms with Crippen molar-refractivity contribution in [2.75, 3.05) is 26.2 Å². The molecule has 2 aliphatic rings. The van der Waals surface area contributed by atoms with Gasteiger partial charge in [0.15, 0.2) is 0 Å². The molecule has 0 aromatic rings. The molecule has 2 fully saturated rings. The first-order chi connectivity index (χ1) is 12.0. The molecule has 0 aliphatic carbocycles. The van der Waals surface area contributed by atoms with E-state index in [0.717, 1.165) is 13.0 Å². The number of nitrogens with one attached hydrogen (secondary N) is 1. The van der Waals surface area contributed by atoms with Gasteiger partial charge in [-0.2, -0.15) is 0 Å². The maximum absolute atomic E-state index is 11.5. The van der Waals surface area contributed by atoms with Crippen molar-refractivity contribution in [1.29, 1.82) is 0 Å². The fraction of sp³-hybridized carbons (Fsp3) is 0.941. The number of ether oxygens (including phenoxy) is 2. The molecule has 9 heteroatoms. The summed E-state index contributed by atoms with van der Waals surface area (Å²) in [6.07, 6.45) is 0.136. The molecule has 4 atom stereocenters. The molecule has 150 valence electrons. The van der Waals surface area contributed by atoms with Gasteiger partial charge in [0.25, 0.3) is 6.17 Å². The zero-order valence-corrected chi connectivity index (χ0v) is 16.2. The van der Waals surface area contributed by atoms with Crippen LogP contribution in [-0.2, 0) is 9.47 Å². The van der Waals surface area contributed by atoms with Gasteiger partial charge in [0.2, 0.25) is 0 Å². The molecule has 4 unspecified atom stereocenters. The van der Waals surface area contributed by atoms with Gasteiger partial charge in [-0.1, -0.05) is 20.8 Å². The second kappa shape index (κ2) is 8.06. The summed E-state index contributed by atoms with van der Waals surface area (Å²) in [5.41, 5.74) is 4.43. The monoisotopic (exact) mass is 372 g/mol. The Hall–Kier alpha value is -1.45. The summed E-state index contributed by atoms with van der Waals surface area (Å²) in [5, 5.41) is 13.9. The van der Waals surface area contributed by atoms with Gasteiger partial charge in [-0.15, -0.1) is 0 Å². The minimum absolute atomic E-state index is 0.0683. The van der Waals surface area contributed by atoms with E-state index in [1.165, 1.54) is 0 Å². The highest BCUT2D eigenvalue weighted by atomic mass is 16.6. The van der Waals surface area contributed by atoms with Gasteiger partial charge in [-0.3, -0.25) is 20.3 Å². The number of primary amides is 1. The minimum atomic E-state index is -0.825. The van der Waals surface area contributed by atoms with Gasteiger partial charge >= 0.3 is 6.09 Å². The first-order valence-electron chi connectivity index (χ1n) is 9.21. The summed E-state index contributed by atoms with van der Waals surface area (Å²) < 4.78 is 11.5. The number of morpholine rings is 1. The summed E-state index contributed by atoms with van der Waals surface area (Å²) in [6, 6.07) is 0.213. The Morgan fingerprint density at radius 1 is 1.38 bits per heavy atom. The minimum Gasteiger partial charge on any atom is -0.441 e. The second-order valence-corrected chi connectivity index (χ2v) is 8.77. The van der Waals surface area contributed by atoms with Crippen molar-refractivity contribution in [2.45, 2.75) is 70.9 Å². The summed E-state index contributed by atoms with van der Waals surface area (Å²) >= 11 is 0. The summed E-state index contributed by atoms with van der Waals surface area (Å²) in [7, 11) is 0. The summed E-state index contributed by atoms with van der Waals surface area (Å²) in [6.45, 7) is 10.6. The summed E-state index contributed by atoms with van der Waals surface area (Å²) in [4.78, 5) is 24.4. The number of piperidine rings is 1. The average molecular weight is 372 g/mol. The number of hydrogen-bond donors (Lipinski definition) is 2. The number of nitrogens with zero attached hydrogens (tertiary/aromatic N) is 2. The molecule has 3 N–H and O–H groups in total. The predicted molar refractivity (Wildman–Crippen MR) is 96.3 cm³/mol. The highest BCUT2D eigenvalue weighted by molar-refractivity contribution is 5.65. The zero-order valence-electron chi connectivity index (χ0n) is 16.2. The van der Waals surface area contributed by atoms with E-state index in [4.69, 9.17) is 15.2 Å². The van der Waals surface area contributed by atoms with Crippen molar-refractivity contribution >= 4 is 6.09 Å². The van der Waals surface area contributed by atoms with Crippen molar-refractivity contribution in [3.05, 3.63) is 10.1 Å². The molecule has 26 heavy (non-hydrogen) atoms. The Morgan fingerprint density at radius 2 is 2.08 bits per heavy atom. The molecule has 0 saturated carbocycles. The van der Waals surface area contributed by atoms with Crippen LogP contribution in [-0.4, -0.2) is 66.1 Å². The number of rotatable bonds is 5. The fourth-order valence-electron chi connectivity index (χ4n) is 4.19. The zero-order chi connectivity index (χ0) is 19.5. The van der Waals surface area contributed by atoms with E-state index >= 15 is 0 Å². The molecule has 0 spiro atoms. The van der Waals surface area contributed by atoms with E-state index in [2.05, 4.69) is 31.0 Å². The molecule has 0 radical (unpaired) electrons. The van der Waals surface area contributed by atoms with Crippen molar-refractivity contribution in [1.82, 2.24) is 10.2 Å². The Balaban J connectivity index is 2.05. The molecule has 2 saturated heterocycles. The van der Waals surface area contributed by atoms with Gasteiger partial charge in [-0.05, 0) is 25.2 Å². The normalized spacial score (nSPS) is 30.4. The first-order valence-corrected chi connectivity index (χ1v) is 9.21. The number of carbonyl (C=O) groups is 1. The molecule has 2 heterocycles. The molecular formula is C17H32N4O5. The van der Waals surface area contributed by atoms with Crippen LogP contribution in [0, 0.1) is 15.5 Å². The van der Waals surface area contributed by atoms with Crippen LogP contribution >= 0.6 is 0 Å². The van der Waals surface area contributed by atoms with Crippen molar-refractivity contribution in [3.63, 3.8) is 0 Å². The maximum atomic E-state index is 11.5. The molecule has 2 rings (SSSR count). The van der Waals surface area contributed by atoms with Crippen LogP contribution in [0.1, 0.15) is 47.0 Å². The first kappa shape index (κ1) is 20.9. The van der Waals surface area contributed by atoms with E-state index in [1.54, 1.807) is 0 Å². The van der Waals surface area contributed by atoms with E-state index < -0.39 is 17.9 Å². The van der Waals surface area contributed by atoms with Crippen LogP contribution in [0.3, 0.4) is 0 Å². The topological polar surface area (TPSA) is 120 Å². The lowest BCUT2D eigenvalue weighted by Crippen LogP contribution is -2.61. The van der Waals surface area contributed by atoms with Crippen LogP contribution in [0.2, 0.25) is 0 Å². The Kier molecular flexibility index (Phi) is 6.46. The average Bonchev–Trinajstić information content (AvgIpc) is 2.52. The molecule has 0 aromatic heterocycles. The molecule has 1 amide bonds. The van der Waals surface area contributed by atoms with Gasteiger partial charge < -0.3 is 15.2 Å². The molecule has 9 nitrogen and oxygen atoms in total. The van der Waals surface area contributed by atoms with E-state index in [0.29, 0.717) is 32.5 Å². The third kappa shape index (κ3) is 5.52. The lowest BCUT2D eigenvalue weighted by Gasteiger charge is -2.47. The molecular weight excluding hydrogens is 340 g/mol. The van der Waals surface area contributed by atoms with Crippen LogP contribution in [0.25, 0.3) is 0 Å². The maximum Gasteiger partial charge on any atom is 0.405 e. The Morgan fingerprint density at radius 3 is 2.58 bits per heavy atom. The third-order valence-corrected chi connectivity index (χ3v) is 5.13. The summed E-state index contributed by atoms with van der Waals surface area (Å²) in [5.74, 6) is 0. The smallest absolute Gasteiger partial charge is 0.405 e.